The monoisotopic (exact) mass is 311 g/mol. The molecule has 0 aromatic carbocycles. The van der Waals surface area contributed by atoms with Gasteiger partial charge in [-0.1, -0.05) is 31.4 Å². The highest BCUT2D eigenvalue weighted by Gasteiger charge is 2.44. The van der Waals surface area contributed by atoms with Crippen molar-refractivity contribution in [3.05, 3.63) is 12.2 Å². The summed E-state index contributed by atoms with van der Waals surface area (Å²) in [6.07, 6.45) is 11.8. The zero-order valence-corrected chi connectivity index (χ0v) is 13.4. The summed E-state index contributed by atoms with van der Waals surface area (Å²) in [4.78, 5) is 14.1. The van der Waals surface area contributed by atoms with Gasteiger partial charge in [0.05, 0.1) is 10.5 Å². The van der Waals surface area contributed by atoms with Crippen LogP contribution in [0.3, 0.4) is 0 Å². The molecular formula is C16H25NO3S. The van der Waals surface area contributed by atoms with E-state index in [0.29, 0.717) is 13.1 Å². The Balaban J connectivity index is 1.54. The Bertz CT molecular complexity index is 514. The molecule has 2 fully saturated rings. The summed E-state index contributed by atoms with van der Waals surface area (Å²) in [5, 5.41) is -0.449. The van der Waals surface area contributed by atoms with Crippen molar-refractivity contribution in [1.82, 2.24) is 4.90 Å². The Morgan fingerprint density at radius 3 is 2.29 bits per heavy atom. The van der Waals surface area contributed by atoms with Crippen LogP contribution >= 0.6 is 0 Å². The molecule has 0 N–H and O–H groups in total. The van der Waals surface area contributed by atoms with Gasteiger partial charge in [0, 0.05) is 19.0 Å². The molecule has 4 nitrogen and oxygen atoms in total. The van der Waals surface area contributed by atoms with Gasteiger partial charge in [0.25, 0.3) is 0 Å². The third kappa shape index (κ3) is 3.03. The zero-order chi connectivity index (χ0) is 14.9. The zero-order valence-electron chi connectivity index (χ0n) is 12.5. The van der Waals surface area contributed by atoms with Crippen LogP contribution in [0.15, 0.2) is 12.2 Å². The Morgan fingerprint density at radius 1 is 0.952 bits per heavy atom. The van der Waals surface area contributed by atoms with Crippen LogP contribution in [0.5, 0.6) is 0 Å². The molecule has 3 aliphatic rings. The van der Waals surface area contributed by atoms with Gasteiger partial charge in [-0.25, -0.2) is 8.42 Å². The maximum absolute atomic E-state index is 12.6. The summed E-state index contributed by atoms with van der Waals surface area (Å²) >= 11 is 0. The second kappa shape index (κ2) is 6.11. The van der Waals surface area contributed by atoms with Crippen LogP contribution in [-0.4, -0.2) is 42.8 Å². The largest absolute Gasteiger partial charge is 0.340 e. The molecule has 1 saturated carbocycles. The highest BCUT2D eigenvalue weighted by Crippen LogP contribution is 2.31. The molecule has 1 aliphatic heterocycles. The average molecular weight is 311 g/mol. The Kier molecular flexibility index (Phi) is 4.38. The summed E-state index contributed by atoms with van der Waals surface area (Å²) in [5.41, 5.74) is 0. The first-order valence-electron chi connectivity index (χ1n) is 8.25. The minimum absolute atomic E-state index is 0.0772. The quantitative estimate of drug-likeness (QED) is 0.752. The van der Waals surface area contributed by atoms with Crippen LogP contribution in [0.25, 0.3) is 0 Å². The number of likely N-dealkylation sites (tertiary alicyclic amines) is 1. The fraction of sp³-hybridized carbons (Fsp3) is 0.812. The van der Waals surface area contributed by atoms with Gasteiger partial charge in [0.2, 0.25) is 5.91 Å². The van der Waals surface area contributed by atoms with Gasteiger partial charge in [-0.3, -0.25) is 4.79 Å². The highest BCUT2D eigenvalue weighted by molar-refractivity contribution is 7.92. The molecule has 0 radical (unpaired) electrons. The Hall–Kier alpha value is -0.840. The number of nitrogens with zero attached hydrogens (tertiary/aromatic N) is 1. The number of carbonyl (C=O) groups excluding carboxylic acids is 1. The molecule has 1 amide bonds. The minimum atomic E-state index is -3.03. The van der Waals surface area contributed by atoms with Crippen molar-refractivity contribution < 1.29 is 13.2 Å². The van der Waals surface area contributed by atoms with E-state index in [-0.39, 0.29) is 22.3 Å². The molecule has 0 unspecified atom stereocenters. The molecule has 0 aromatic heterocycles. The maximum Gasteiger partial charge on any atom is 0.226 e. The summed E-state index contributed by atoms with van der Waals surface area (Å²) in [7, 11) is -3.03. The summed E-state index contributed by atoms with van der Waals surface area (Å²) in [5.74, 6) is 0.239. The molecule has 3 rings (SSSR count). The van der Waals surface area contributed by atoms with E-state index in [1.54, 1.807) is 4.90 Å². The maximum atomic E-state index is 12.6. The number of carbonyl (C=O) groups is 1. The molecule has 21 heavy (non-hydrogen) atoms. The molecule has 0 bridgehead atoms. The van der Waals surface area contributed by atoms with E-state index in [1.807, 2.05) is 0 Å². The topological polar surface area (TPSA) is 54.5 Å². The van der Waals surface area contributed by atoms with Crippen molar-refractivity contribution in [2.45, 2.75) is 61.9 Å². The van der Waals surface area contributed by atoms with Gasteiger partial charge in [-0.05, 0) is 32.1 Å². The number of allylic oxidation sites excluding steroid dienone is 2. The number of hydrogen-bond donors (Lipinski definition) is 0. The predicted octanol–water partition coefficient (Wildman–Crippen LogP) is 2.30. The first-order valence-corrected chi connectivity index (χ1v) is 9.86. The summed E-state index contributed by atoms with van der Waals surface area (Å²) < 4.78 is 25.1. The summed E-state index contributed by atoms with van der Waals surface area (Å²) in [6.45, 7) is 0.857. The lowest BCUT2D eigenvalue weighted by molar-refractivity contribution is -0.139. The van der Waals surface area contributed by atoms with E-state index in [9.17, 15) is 13.2 Å². The molecule has 0 spiro atoms. The average Bonchev–Trinajstić information content (AvgIpc) is 2.47. The number of amides is 1. The standard InChI is InChI=1S/C16H25NO3S/c18-16(13-7-3-1-4-8-13)17-11-15(12-17)21(19,20)14-9-5-2-6-10-14/h1,3,13-15H,2,4-12H2/t13-/m0/s1. The van der Waals surface area contributed by atoms with Gasteiger partial charge in [0.1, 0.15) is 0 Å². The van der Waals surface area contributed by atoms with Crippen molar-refractivity contribution >= 4 is 15.7 Å². The van der Waals surface area contributed by atoms with E-state index >= 15 is 0 Å². The van der Waals surface area contributed by atoms with E-state index in [0.717, 1.165) is 51.4 Å². The second-order valence-corrected chi connectivity index (χ2v) is 9.21. The van der Waals surface area contributed by atoms with E-state index in [4.69, 9.17) is 0 Å². The first-order chi connectivity index (χ1) is 10.1. The van der Waals surface area contributed by atoms with E-state index in [1.165, 1.54) is 0 Å². The van der Waals surface area contributed by atoms with Gasteiger partial charge >= 0.3 is 0 Å². The van der Waals surface area contributed by atoms with Gasteiger partial charge in [-0.2, -0.15) is 0 Å². The lowest BCUT2D eigenvalue weighted by Gasteiger charge is -2.42. The van der Waals surface area contributed by atoms with Crippen LogP contribution in [0.1, 0.15) is 51.4 Å². The van der Waals surface area contributed by atoms with Crippen molar-refractivity contribution in [2.24, 2.45) is 5.92 Å². The van der Waals surface area contributed by atoms with Crippen LogP contribution in [0, 0.1) is 5.92 Å². The second-order valence-electron chi connectivity index (χ2n) is 6.70. The number of sulfone groups is 1. The van der Waals surface area contributed by atoms with Crippen LogP contribution in [0.4, 0.5) is 0 Å². The van der Waals surface area contributed by atoms with Crippen LogP contribution in [-0.2, 0) is 14.6 Å². The number of rotatable bonds is 3. The lowest BCUT2D eigenvalue weighted by Crippen LogP contribution is -2.60. The summed E-state index contributed by atoms with van der Waals surface area (Å²) in [6, 6.07) is 0. The molecular weight excluding hydrogens is 286 g/mol. The van der Waals surface area contributed by atoms with E-state index < -0.39 is 9.84 Å². The van der Waals surface area contributed by atoms with Crippen LogP contribution in [0.2, 0.25) is 0 Å². The van der Waals surface area contributed by atoms with Gasteiger partial charge in [-0.15, -0.1) is 0 Å². The number of hydrogen-bond acceptors (Lipinski definition) is 3. The molecule has 1 atom stereocenters. The lowest BCUT2D eigenvalue weighted by atomic mass is 9.92. The van der Waals surface area contributed by atoms with Crippen molar-refractivity contribution in [1.29, 1.82) is 0 Å². The third-order valence-corrected chi connectivity index (χ3v) is 7.89. The minimum Gasteiger partial charge on any atom is -0.340 e. The van der Waals surface area contributed by atoms with Gasteiger partial charge in [0.15, 0.2) is 9.84 Å². The van der Waals surface area contributed by atoms with Crippen LogP contribution < -0.4 is 0 Å². The Labute approximate surface area is 127 Å². The molecule has 0 aromatic rings. The first kappa shape index (κ1) is 15.1. The smallest absolute Gasteiger partial charge is 0.226 e. The highest BCUT2D eigenvalue weighted by atomic mass is 32.2. The SMILES string of the molecule is O=C([C@H]1CC=CCC1)N1CC(S(=O)(=O)C2CCCCC2)C1. The third-order valence-electron chi connectivity index (χ3n) is 5.26. The molecule has 5 heteroatoms. The van der Waals surface area contributed by atoms with E-state index in [2.05, 4.69) is 12.2 Å². The van der Waals surface area contributed by atoms with Crippen molar-refractivity contribution in [2.75, 3.05) is 13.1 Å². The molecule has 2 aliphatic carbocycles. The van der Waals surface area contributed by atoms with Gasteiger partial charge < -0.3 is 4.90 Å². The van der Waals surface area contributed by atoms with Crippen molar-refractivity contribution in [3.8, 4) is 0 Å². The Morgan fingerprint density at radius 2 is 1.67 bits per heavy atom. The van der Waals surface area contributed by atoms with Crippen molar-refractivity contribution in [3.63, 3.8) is 0 Å². The molecule has 118 valence electrons. The molecule has 1 heterocycles. The fourth-order valence-electron chi connectivity index (χ4n) is 3.77. The fourth-order valence-corrected chi connectivity index (χ4v) is 6.08. The molecule has 1 saturated heterocycles. The normalized spacial score (nSPS) is 28.4. The predicted molar refractivity (Wildman–Crippen MR) is 82.6 cm³/mol.